The number of carbonyl (C=O) groups is 3. The third kappa shape index (κ3) is 4.24. The largest absolute Gasteiger partial charge is 0.497 e. The van der Waals surface area contributed by atoms with Crippen LogP contribution in [0.15, 0.2) is 58.4 Å². The van der Waals surface area contributed by atoms with Crippen LogP contribution in [0.2, 0.25) is 5.02 Å². The number of piperidine rings is 1. The molecule has 4 fully saturated rings. The molecule has 5 aliphatic rings. The lowest BCUT2D eigenvalue weighted by Gasteiger charge is -2.43. The van der Waals surface area contributed by atoms with Crippen LogP contribution in [-0.4, -0.2) is 52.6 Å². The molecule has 44 heavy (non-hydrogen) atoms. The Morgan fingerprint density at radius 3 is 2.30 bits per heavy atom. The number of fused-ring (bicyclic) bond motifs is 9. The van der Waals surface area contributed by atoms with Gasteiger partial charge in [-0.1, -0.05) is 35.1 Å². The fraction of sp³-hybridized carbons (Fsp3) is 0.455. The van der Waals surface area contributed by atoms with Crippen LogP contribution in [0.3, 0.4) is 0 Å². The second kappa shape index (κ2) is 10.8. The highest BCUT2D eigenvalue weighted by Crippen LogP contribution is 2.69. The molecule has 2 aromatic carbocycles. The zero-order valence-corrected chi connectivity index (χ0v) is 26.6. The molecule has 7 atom stereocenters. The van der Waals surface area contributed by atoms with Crippen molar-refractivity contribution < 1.29 is 19.1 Å². The van der Waals surface area contributed by atoms with Gasteiger partial charge in [0.25, 0.3) is 0 Å². The van der Waals surface area contributed by atoms with E-state index in [0.717, 1.165) is 60.0 Å². The van der Waals surface area contributed by atoms with E-state index in [-0.39, 0.29) is 69.9 Å². The average molecular weight is 650 g/mol. The van der Waals surface area contributed by atoms with Crippen molar-refractivity contribution in [1.82, 2.24) is 9.47 Å². The number of imide groups is 1. The number of anilines is 1. The van der Waals surface area contributed by atoms with Gasteiger partial charge in [0.1, 0.15) is 12.3 Å². The Kier molecular flexibility index (Phi) is 6.95. The average Bonchev–Trinajstić information content (AvgIpc) is 3.77. The first-order chi connectivity index (χ1) is 21.4. The summed E-state index contributed by atoms with van der Waals surface area (Å²) in [4.78, 5) is 59.0. The van der Waals surface area contributed by atoms with Crippen LogP contribution in [-0.2, 0) is 20.9 Å². The molecule has 4 heterocycles. The molecule has 0 radical (unpaired) electrons. The van der Waals surface area contributed by atoms with Gasteiger partial charge < -0.3 is 9.64 Å². The molecule has 11 heteroatoms. The van der Waals surface area contributed by atoms with Crippen LogP contribution in [0, 0.1) is 29.6 Å². The number of aromatic nitrogens is 1. The molecule has 2 saturated heterocycles. The Labute approximate surface area is 268 Å². The number of carbonyl (C=O) groups excluding carboxylic acids is 3. The first-order valence-corrected chi connectivity index (χ1v) is 17.4. The smallest absolute Gasteiger partial charge is 0.308 e. The van der Waals surface area contributed by atoms with Gasteiger partial charge in [-0.25, -0.2) is 0 Å². The van der Waals surface area contributed by atoms with E-state index in [0.29, 0.717) is 10.7 Å². The highest BCUT2D eigenvalue weighted by molar-refractivity contribution is 8.00. The standard InChI is InChI=1S/C33H32ClN3O5S2/c1-42-20-11-5-17(6-12-20)24-25-21-15-22(27-26(21)30(39)37(31(27)40)19-9-7-18(34)8-10-19)28(25)43-32-29(24)44-33(41)36(32)16-23(38)35-13-3-2-4-14-35/h5-12,21-22,24-28H,2-4,13-16H2,1H3. The summed E-state index contributed by atoms with van der Waals surface area (Å²) >= 11 is 9.00. The van der Waals surface area contributed by atoms with Crippen LogP contribution >= 0.6 is 34.7 Å². The molecule has 7 unspecified atom stereocenters. The Morgan fingerprint density at radius 2 is 1.61 bits per heavy atom. The van der Waals surface area contributed by atoms with Crippen molar-refractivity contribution in [2.45, 2.75) is 48.4 Å². The van der Waals surface area contributed by atoms with Gasteiger partial charge in [0, 0.05) is 34.2 Å². The van der Waals surface area contributed by atoms with Crippen LogP contribution in [0.5, 0.6) is 5.75 Å². The van der Waals surface area contributed by atoms with Crippen LogP contribution < -0.4 is 14.5 Å². The van der Waals surface area contributed by atoms with Crippen LogP contribution in [0.1, 0.15) is 42.0 Å². The minimum absolute atomic E-state index is 0.00361. The number of ether oxygens (including phenoxy) is 1. The number of thioether (sulfide) groups is 1. The lowest BCUT2D eigenvalue weighted by Crippen LogP contribution is -2.43. The number of hydrogen-bond donors (Lipinski definition) is 0. The third-order valence-electron chi connectivity index (χ3n) is 10.5. The van der Waals surface area contributed by atoms with E-state index in [1.165, 1.54) is 16.2 Å². The van der Waals surface area contributed by atoms with Crippen molar-refractivity contribution >= 4 is 58.1 Å². The highest BCUT2D eigenvalue weighted by Gasteiger charge is 2.69. The number of amides is 3. The van der Waals surface area contributed by atoms with Gasteiger partial charge in [0.05, 0.1) is 29.7 Å². The van der Waals surface area contributed by atoms with E-state index in [2.05, 4.69) is 12.1 Å². The molecule has 228 valence electrons. The number of rotatable bonds is 5. The van der Waals surface area contributed by atoms with Gasteiger partial charge in [-0.15, -0.1) is 11.8 Å². The predicted octanol–water partition coefficient (Wildman–Crippen LogP) is 5.26. The Hall–Kier alpha value is -3.08. The SMILES string of the molecule is COc1ccc(C2c3sc(=O)n(CC(=O)N4CCCCC4)c3SC3C4CC(C5C(=O)N(c6ccc(Cl)cc6)C(=O)C45)C23)cc1. The summed E-state index contributed by atoms with van der Waals surface area (Å²) in [7, 11) is 1.64. The van der Waals surface area contributed by atoms with E-state index in [1.54, 1.807) is 47.7 Å². The summed E-state index contributed by atoms with van der Waals surface area (Å²) in [6, 6.07) is 14.9. The third-order valence-corrected chi connectivity index (χ3v) is 13.6. The minimum Gasteiger partial charge on any atom is -0.497 e. The molecule has 0 N–H and O–H groups in total. The van der Waals surface area contributed by atoms with Gasteiger partial charge in [0.2, 0.25) is 17.7 Å². The Balaban J connectivity index is 1.19. The van der Waals surface area contributed by atoms with Gasteiger partial charge in [-0.2, -0.15) is 0 Å². The second-order valence-electron chi connectivity index (χ2n) is 12.6. The lowest BCUT2D eigenvalue weighted by atomic mass is 9.68. The summed E-state index contributed by atoms with van der Waals surface area (Å²) < 4.78 is 7.12. The fourth-order valence-electron chi connectivity index (χ4n) is 8.66. The maximum absolute atomic E-state index is 14.0. The highest BCUT2D eigenvalue weighted by atomic mass is 35.5. The first kappa shape index (κ1) is 28.4. The van der Waals surface area contributed by atoms with E-state index in [1.807, 2.05) is 17.0 Å². The quantitative estimate of drug-likeness (QED) is 0.351. The fourth-order valence-corrected chi connectivity index (χ4v) is 11.9. The number of thiazole rings is 1. The molecule has 0 spiro atoms. The number of likely N-dealkylation sites (tertiary alicyclic amines) is 1. The topological polar surface area (TPSA) is 88.9 Å². The number of halogens is 1. The predicted molar refractivity (Wildman–Crippen MR) is 170 cm³/mol. The summed E-state index contributed by atoms with van der Waals surface area (Å²) in [5.74, 6) is -0.320. The minimum atomic E-state index is -0.385. The molecule has 3 amide bonds. The van der Waals surface area contributed by atoms with Gasteiger partial charge in [0.15, 0.2) is 0 Å². The molecule has 8 nitrogen and oxygen atoms in total. The first-order valence-electron chi connectivity index (χ1n) is 15.3. The molecular weight excluding hydrogens is 618 g/mol. The Bertz CT molecular complexity index is 1710. The maximum Gasteiger partial charge on any atom is 0.308 e. The Morgan fingerprint density at radius 1 is 0.932 bits per heavy atom. The number of nitrogens with zero attached hydrogens (tertiary/aromatic N) is 3. The van der Waals surface area contributed by atoms with E-state index >= 15 is 0 Å². The normalized spacial score (nSPS) is 30.4. The molecule has 2 aliphatic carbocycles. The molecule has 1 aromatic heterocycles. The van der Waals surface area contributed by atoms with Crippen LogP contribution in [0.25, 0.3) is 0 Å². The monoisotopic (exact) mass is 649 g/mol. The molecular formula is C33H32ClN3O5S2. The lowest BCUT2D eigenvalue weighted by molar-refractivity contribution is -0.133. The number of methoxy groups -OCH3 is 1. The number of hydrogen-bond acceptors (Lipinski definition) is 7. The molecule has 8 rings (SSSR count). The van der Waals surface area contributed by atoms with Gasteiger partial charge in [-0.05, 0) is 85.4 Å². The molecule has 2 saturated carbocycles. The summed E-state index contributed by atoms with van der Waals surface area (Å²) in [5, 5.41) is 1.45. The molecule has 2 bridgehead atoms. The van der Waals surface area contributed by atoms with Gasteiger partial charge in [-0.3, -0.25) is 28.6 Å². The zero-order chi connectivity index (χ0) is 30.3. The van der Waals surface area contributed by atoms with Crippen molar-refractivity contribution in [2.75, 3.05) is 25.1 Å². The van der Waals surface area contributed by atoms with Crippen LogP contribution in [0.4, 0.5) is 5.69 Å². The van der Waals surface area contributed by atoms with Crippen molar-refractivity contribution in [2.24, 2.45) is 29.6 Å². The van der Waals surface area contributed by atoms with E-state index < -0.39 is 0 Å². The van der Waals surface area contributed by atoms with Crippen molar-refractivity contribution in [1.29, 1.82) is 0 Å². The van der Waals surface area contributed by atoms with E-state index in [9.17, 15) is 19.2 Å². The number of benzene rings is 2. The van der Waals surface area contributed by atoms with E-state index in [4.69, 9.17) is 16.3 Å². The van der Waals surface area contributed by atoms with Gasteiger partial charge >= 0.3 is 4.87 Å². The van der Waals surface area contributed by atoms with Crippen molar-refractivity contribution in [3.05, 3.63) is 73.7 Å². The molecule has 3 aliphatic heterocycles. The zero-order valence-electron chi connectivity index (χ0n) is 24.2. The summed E-state index contributed by atoms with van der Waals surface area (Å²) in [6.07, 6.45) is 3.92. The van der Waals surface area contributed by atoms with Crippen molar-refractivity contribution in [3.63, 3.8) is 0 Å². The molecule has 3 aromatic rings. The van der Waals surface area contributed by atoms with Crippen molar-refractivity contribution in [3.8, 4) is 5.75 Å². The maximum atomic E-state index is 14.0. The summed E-state index contributed by atoms with van der Waals surface area (Å²) in [5.41, 5.74) is 1.62. The summed E-state index contributed by atoms with van der Waals surface area (Å²) in [6.45, 7) is 1.50. The second-order valence-corrected chi connectivity index (χ2v) is 15.2.